The number of urea groups is 1. The number of hydrogen-bond acceptors (Lipinski definition) is 2. The Balaban J connectivity index is 2.05. The van der Waals surface area contributed by atoms with Crippen LogP contribution in [-0.4, -0.2) is 35.1 Å². The van der Waals surface area contributed by atoms with Gasteiger partial charge in [0, 0.05) is 23.8 Å². The predicted molar refractivity (Wildman–Crippen MR) is 82.1 cm³/mol. The van der Waals surface area contributed by atoms with E-state index >= 15 is 0 Å². The molecule has 21 heavy (non-hydrogen) atoms. The SMILES string of the molecule is O=C(O)c1cc(Cl)cc(NC(=O)N2CCCCCCC2)c1. The number of carbonyl (C=O) groups excluding carboxylic acids is 1. The summed E-state index contributed by atoms with van der Waals surface area (Å²) in [5.74, 6) is -1.07. The highest BCUT2D eigenvalue weighted by Gasteiger charge is 2.15. The molecule has 0 aliphatic carbocycles. The smallest absolute Gasteiger partial charge is 0.335 e. The van der Waals surface area contributed by atoms with E-state index in [1.165, 1.54) is 18.6 Å². The molecule has 0 bridgehead atoms. The molecule has 1 heterocycles. The number of carbonyl (C=O) groups is 2. The Labute approximate surface area is 128 Å². The van der Waals surface area contributed by atoms with E-state index in [0.717, 1.165) is 38.8 Å². The zero-order valence-corrected chi connectivity index (χ0v) is 12.5. The number of nitrogens with zero attached hydrogens (tertiary/aromatic N) is 1. The average Bonchev–Trinajstić information content (AvgIpc) is 2.37. The van der Waals surface area contributed by atoms with Crippen molar-refractivity contribution in [1.82, 2.24) is 4.90 Å². The molecule has 1 fully saturated rings. The van der Waals surface area contributed by atoms with Gasteiger partial charge in [-0.05, 0) is 31.0 Å². The molecule has 2 N–H and O–H groups in total. The van der Waals surface area contributed by atoms with Crippen LogP contribution in [0.3, 0.4) is 0 Å². The van der Waals surface area contributed by atoms with E-state index in [-0.39, 0.29) is 16.6 Å². The Kier molecular flexibility index (Phi) is 5.44. The molecular weight excluding hydrogens is 292 g/mol. The van der Waals surface area contributed by atoms with Gasteiger partial charge in [-0.25, -0.2) is 9.59 Å². The number of nitrogens with one attached hydrogen (secondary N) is 1. The summed E-state index contributed by atoms with van der Waals surface area (Å²) in [6.45, 7) is 1.47. The number of hydrogen-bond donors (Lipinski definition) is 2. The molecule has 0 radical (unpaired) electrons. The molecule has 6 heteroatoms. The van der Waals surface area contributed by atoms with E-state index in [0.29, 0.717) is 5.69 Å². The number of halogens is 1. The molecule has 0 saturated carbocycles. The van der Waals surface area contributed by atoms with Gasteiger partial charge in [0.2, 0.25) is 0 Å². The fourth-order valence-corrected chi connectivity index (χ4v) is 2.67. The monoisotopic (exact) mass is 310 g/mol. The van der Waals surface area contributed by atoms with Crippen molar-refractivity contribution in [2.24, 2.45) is 0 Å². The summed E-state index contributed by atoms with van der Waals surface area (Å²) in [7, 11) is 0. The zero-order valence-electron chi connectivity index (χ0n) is 11.8. The first-order valence-electron chi connectivity index (χ1n) is 7.16. The van der Waals surface area contributed by atoms with E-state index in [2.05, 4.69) is 5.32 Å². The van der Waals surface area contributed by atoms with Gasteiger partial charge in [-0.3, -0.25) is 0 Å². The van der Waals surface area contributed by atoms with Crippen molar-refractivity contribution in [2.75, 3.05) is 18.4 Å². The summed E-state index contributed by atoms with van der Waals surface area (Å²) >= 11 is 5.88. The third-order valence-electron chi connectivity index (χ3n) is 3.54. The van der Waals surface area contributed by atoms with E-state index in [1.807, 2.05) is 0 Å². The third-order valence-corrected chi connectivity index (χ3v) is 3.76. The maximum absolute atomic E-state index is 12.2. The minimum absolute atomic E-state index is 0.0606. The van der Waals surface area contributed by atoms with Crippen molar-refractivity contribution >= 4 is 29.3 Å². The van der Waals surface area contributed by atoms with Gasteiger partial charge in [0.1, 0.15) is 0 Å². The molecule has 2 amide bonds. The van der Waals surface area contributed by atoms with Crippen LogP contribution in [0.1, 0.15) is 42.5 Å². The maximum Gasteiger partial charge on any atom is 0.335 e. The molecule has 1 saturated heterocycles. The van der Waals surface area contributed by atoms with E-state index < -0.39 is 5.97 Å². The summed E-state index contributed by atoms with van der Waals surface area (Å²) in [4.78, 5) is 25.0. The lowest BCUT2D eigenvalue weighted by molar-refractivity contribution is 0.0697. The first-order chi connectivity index (χ1) is 10.1. The number of rotatable bonds is 2. The lowest BCUT2D eigenvalue weighted by Crippen LogP contribution is -2.37. The maximum atomic E-state index is 12.2. The molecule has 0 atom stereocenters. The van der Waals surface area contributed by atoms with Crippen LogP contribution in [0.15, 0.2) is 18.2 Å². The molecule has 114 valence electrons. The van der Waals surface area contributed by atoms with E-state index in [4.69, 9.17) is 16.7 Å². The van der Waals surface area contributed by atoms with Crippen LogP contribution in [0.4, 0.5) is 10.5 Å². The highest BCUT2D eigenvalue weighted by atomic mass is 35.5. The van der Waals surface area contributed by atoms with Gasteiger partial charge in [-0.15, -0.1) is 0 Å². The number of carboxylic acid groups (broad SMARTS) is 1. The summed E-state index contributed by atoms with van der Waals surface area (Å²) in [6.07, 6.45) is 5.52. The van der Waals surface area contributed by atoms with Crippen molar-refractivity contribution in [3.05, 3.63) is 28.8 Å². The molecular formula is C15H19ClN2O3. The fraction of sp³-hybridized carbons (Fsp3) is 0.467. The average molecular weight is 311 g/mol. The Morgan fingerprint density at radius 1 is 1.05 bits per heavy atom. The van der Waals surface area contributed by atoms with Crippen LogP contribution in [0.25, 0.3) is 0 Å². The molecule has 1 aliphatic heterocycles. The van der Waals surface area contributed by atoms with Crippen LogP contribution < -0.4 is 5.32 Å². The van der Waals surface area contributed by atoms with Crippen LogP contribution in [0, 0.1) is 0 Å². The van der Waals surface area contributed by atoms with Crippen molar-refractivity contribution in [3.63, 3.8) is 0 Å². The first kappa shape index (κ1) is 15.6. The van der Waals surface area contributed by atoms with Crippen molar-refractivity contribution < 1.29 is 14.7 Å². The number of benzene rings is 1. The fourth-order valence-electron chi connectivity index (χ4n) is 2.44. The van der Waals surface area contributed by atoms with Gasteiger partial charge >= 0.3 is 12.0 Å². The minimum Gasteiger partial charge on any atom is -0.478 e. The quantitative estimate of drug-likeness (QED) is 0.872. The van der Waals surface area contributed by atoms with E-state index in [9.17, 15) is 9.59 Å². The number of carboxylic acids is 1. The Morgan fingerprint density at radius 2 is 1.67 bits per heavy atom. The first-order valence-corrected chi connectivity index (χ1v) is 7.54. The summed E-state index contributed by atoms with van der Waals surface area (Å²) in [6, 6.07) is 4.12. The predicted octanol–water partition coefficient (Wildman–Crippen LogP) is 3.84. The largest absolute Gasteiger partial charge is 0.478 e. The van der Waals surface area contributed by atoms with Gasteiger partial charge < -0.3 is 15.3 Å². The highest BCUT2D eigenvalue weighted by molar-refractivity contribution is 6.31. The van der Waals surface area contributed by atoms with Crippen LogP contribution in [0.2, 0.25) is 5.02 Å². The second kappa shape index (κ2) is 7.31. The Bertz CT molecular complexity index is 526. The molecule has 1 aromatic carbocycles. The summed E-state index contributed by atoms with van der Waals surface area (Å²) in [5.41, 5.74) is 0.470. The minimum atomic E-state index is -1.07. The lowest BCUT2D eigenvalue weighted by Gasteiger charge is -2.25. The lowest BCUT2D eigenvalue weighted by atomic mass is 10.1. The van der Waals surface area contributed by atoms with Crippen molar-refractivity contribution in [2.45, 2.75) is 32.1 Å². The van der Waals surface area contributed by atoms with Gasteiger partial charge in [0.25, 0.3) is 0 Å². The van der Waals surface area contributed by atoms with Crippen LogP contribution in [-0.2, 0) is 0 Å². The molecule has 5 nitrogen and oxygen atoms in total. The molecule has 1 aliphatic rings. The Hall–Kier alpha value is -1.75. The van der Waals surface area contributed by atoms with Gasteiger partial charge in [0.15, 0.2) is 0 Å². The molecule has 0 unspecified atom stereocenters. The number of aromatic carboxylic acids is 1. The standard InChI is InChI=1S/C15H19ClN2O3/c16-12-8-11(14(19)20)9-13(10-12)17-15(21)18-6-4-2-1-3-5-7-18/h8-10H,1-7H2,(H,17,21)(H,19,20). The highest BCUT2D eigenvalue weighted by Crippen LogP contribution is 2.20. The van der Waals surface area contributed by atoms with Crippen LogP contribution >= 0.6 is 11.6 Å². The van der Waals surface area contributed by atoms with Gasteiger partial charge in [-0.1, -0.05) is 30.9 Å². The van der Waals surface area contributed by atoms with Gasteiger partial charge in [0.05, 0.1) is 5.56 Å². The van der Waals surface area contributed by atoms with Crippen LogP contribution in [0.5, 0.6) is 0 Å². The third kappa shape index (κ3) is 4.63. The van der Waals surface area contributed by atoms with Gasteiger partial charge in [-0.2, -0.15) is 0 Å². The molecule has 1 aromatic rings. The molecule has 2 rings (SSSR count). The van der Waals surface area contributed by atoms with E-state index in [1.54, 1.807) is 11.0 Å². The van der Waals surface area contributed by atoms with Crippen molar-refractivity contribution in [3.8, 4) is 0 Å². The second-order valence-corrected chi connectivity index (χ2v) is 5.66. The summed E-state index contributed by atoms with van der Waals surface area (Å²) < 4.78 is 0. The normalized spacial score (nSPS) is 16.0. The molecule has 0 spiro atoms. The number of likely N-dealkylation sites (tertiary alicyclic amines) is 1. The van der Waals surface area contributed by atoms with Crippen molar-refractivity contribution in [1.29, 1.82) is 0 Å². The molecule has 0 aromatic heterocycles. The summed E-state index contributed by atoms with van der Waals surface area (Å²) in [5, 5.41) is 12.0. The number of amides is 2. The second-order valence-electron chi connectivity index (χ2n) is 5.22. The number of anilines is 1. The Morgan fingerprint density at radius 3 is 2.29 bits per heavy atom. The topological polar surface area (TPSA) is 69.6 Å². The zero-order chi connectivity index (χ0) is 15.2.